The number of anilines is 2. The third kappa shape index (κ3) is 2.84. The van der Waals surface area contributed by atoms with Crippen LogP contribution in [0.5, 0.6) is 0 Å². The molecule has 0 aliphatic rings. The van der Waals surface area contributed by atoms with Crippen LogP contribution in [0.3, 0.4) is 0 Å². The molecule has 6 nitrogen and oxygen atoms in total. The quantitative estimate of drug-likeness (QED) is 0.591. The zero-order chi connectivity index (χ0) is 16.4. The van der Waals surface area contributed by atoms with Gasteiger partial charge in [0.05, 0.1) is 11.0 Å². The Morgan fingerprint density at radius 1 is 1.00 bits per heavy atom. The lowest BCUT2D eigenvalue weighted by Gasteiger charge is -2.08. The van der Waals surface area contributed by atoms with Crippen molar-refractivity contribution >= 4 is 39.2 Å². The van der Waals surface area contributed by atoms with E-state index < -0.39 is 0 Å². The van der Waals surface area contributed by atoms with Crippen molar-refractivity contribution in [3.05, 3.63) is 66.4 Å². The van der Waals surface area contributed by atoms with Crippen LogP contribution in [0.4, 0.5) is 15.6 Å². The van der Waals surface area contributed by atoms with Crippen molar-refractivity contribution in [3.8, 4) is 5.69 Å². The van der Waals surface area contributed by atoms with Crippen molar-refractivity contribution in [2.45, 2.75) is 0 Å². The average Bonchev–Trinajstić information content (AvgIpc) is 3.25. The highest BCUT2D eigenvalue weighted by Crippen LogP contribution is 2.20. The second-order valence-corrected chi connectivity index (χ2v) is 5.96. The Hall–Kier alpha value is -3.19. The van der Waals surface area contributed by atoms with E-state index in [9.17, 15) is 4.79 Å². The van der Waals surface area contributed by atoms with Crippen LogP contribution in [0.2, 0.25) is 0 Å². The monoisotopic (exact) mass is 335 g/mol. The summed E-state index contributed by atoms with van der Waals surface area (Å²) in [5.74, 6) is 0. The first-order valence-electron chi connectivity index (χ1n) is 7.30. The lowest BCUT2D eigenvalue weighted by Crippen LogP contribution is -2.19. The maximum absolute atomic E-state index is 11.9. The molecule has 0 saturated carbocycles. The minimum Gasteiger partial charge on any atom is -0.308 e. The number of carbonyl (C=O) groups excluding carboxylic acids is 1. The number of carbonyl (C=O) groups is 1. The number of hydrogen-bond donors (Lipinski definition) is 2. The van der Waals surface area contributed by atoms with E-state index in [4.69, 9.17) is 0 Å². The molecule has 0 aliphatic heterocycles. The number of para-hydroxylation sites is 2. The van der Waals surface area contributed by atoms with Crippen LogP contribution in [0, 0.1) is 0 Å². The van der Waals surface area contributed by atoms with E-state index in [1.165, 1.54) is 11.3 Å². The number of rotatable bonds is 3. The maximum Gasteiger partial charge on any atom is 0.325 e. The van der Waals surface area contributed by atoms with Gasteiger partial charge in [-0.3, -0.25) is 9.88 Å². The first-order chi connectivity index (χ1) is 11.8. The highest BCUT2D eigenvalue weighted by atomic mass is 32.1. The number of fused-ring (bicyclic) bond motifs is 1. The molecule has 7 heteroatoms. The van der Waals surface area contributed by atoms with E-state index in [2.05, 4.69) is 20.6 Å². The Bertz CT molecular complexity index is 976. The molecule has 2 aromatic heterocycles. The third-order valence-electron chi connectivity index (χ3n) is 3.51. The van der Waals surface area contributed by atoms with Crippen LogP contribution < -0.4 is 10.6 Å². The summed E-state index contributed by atoms with van der Waals surface area (Å²) < 4.78 is 2.01. The Morgan fingerprint density at radius 2 is 1.83 bits per heavy atom. The zero-order valence-corrected chi connectivity index (χ0v) is 13.3. The Labute approximate surface area is 141 Å². The van der Waals surface area contributed by atoms with Gasteiger partial charge in [-0.1, -0.05) is 12.1 Å². The molecule has 0 aliphatic carbocycles. The van der Waals surface area contributed by atoms with E-state index in [1.807, 2.05) is 53.1 Å². The summed E-state index contributed by atoms with van der Waals surface area (Å²) in [7, 11) is 0. The van der Waals surface area contributed by atoms with Crippen LogP contribution in [0.15, 0.2) is 66.4 Å². The Morgan fingerprint density at radius 3 is 2.62 bits per heavy atom. The molecule has 4 rings (SSSR count). The molecule has 0 unspecified atom stereocenters. The lowest BCUT2D eigenvalue weighted by molar-refractivity contribution is 0.262. The van der Waals surface area contributed by atoms with E-state index >= 15 is 0 Å². The minimum atomic E-state index is -0.314. The fraction of sp³-hybridized carbons (Fsp3) is 0. The molecular weight excluding hydrogens is 322 g/mol. The predicted molar refractivity (Wildman–Crippen MR) is 95.8 cm³/mol. The van der Waals surface area contributed by atoms with Crippen LogP contribution in [-0.2, 0) is 0 Å². The first-order valence-corrected chi connectivity index (χ1v) is 8.17. The van der Waals surface area contributed by atoms with Gasteiger partial charge in [-0.2, -0.15) is 0 Å². The third-order valence-corrected chi connectivity index (χ3v) is 4.20. The number of hydrogen-bond acceptors (Lipinski definition) is 4. The summed E-state index contributed by atoms with van der Waals surface area (Å²) in [5, 5.41) is 7.83. The van der Waals surface area contributed by atoms with Gasteiger partial charge in [0, 0.05) is 23.0 Å². The second kappa shape index (κ2) is 6.13. The SMILES string of the molecule is O=C(Nc1ccc(-n2cnc3ccccc32)cc1)Nc1nccs1. The first kappa shape index (κ1) is 14.4. The van der Waals surface area contributed by atoms with Crippen LogP contribution >= 0.6 is 11.3 Å². The van der Waals surface area contributed by atoms with E-state index in [-0.39, 0.29) is 6.03 Å². The Balaban J connectivity index is 1.51. The predicted octanol–water partition coefficient (Wildman–Crippen LogP) is 4.13. The highest BCUT2D eigenvalue weighted by molar-refractivity contribution is 7.13. The van der Waals surface area contributed by atoms with Gasteiger partial charge in [0.2, 0.25) is 0 Å². The number of urea groups is 1. The van der Waals surface area contributed by atoms with Crippen molar-refractivity contribution in [1.82, 2.24) is 14.5 Å². The zero-order valence-electron chi connectivity index (χ0n) is 12.5. The van der Waals surface area contributed by atoms with E-state index in [0.29, 0.717) is 10.8 Å². The normalized spacial score (nSPS) is 10.7. The number of amides is 2. The summed E-state index contributed by atoms with van der Waals surface area (Å²) >= 11 is 1.37. The second-order valence-electron chi connectivity index (χ2n) is 5.07. The summed E-state index contributed by atoms with van der Waals surface area (Å²) in [5.41, 5.74) is 3.68. The molecule has 0 spiro atoms. The Kier molecular flexibility index (Phi) is 3.68. The standard InChI is InChI=1S/C17H13N5OS/c23-16(21-17-18-9-10-24-17)20-12-5-7-13(8-6-12)22-11-19-14-3-1-2-4-15(14)22/h1-11H,(H2,18,20,21,23). The van der Waals surface area contributed by atoms with Gasteiger partial charge in [0.1, 0.15) is 6.33 Å². The van der Waals surface area contributed by atoms with Crippen LogP contribution in [0.1, 0.15) is 0 Å². The van der Waals surface area contributed by atoms with Crippen molar-refractivity contribution < 1.29 is 4.79 Å². The van der Waals surface area contributed by atoms with E-state index in [0.717, 1.165) is 16.7 Å². The highest BCUT2D eigenvalue weighted by Gasteiger charge is 2.06. The number of nitrogens with zero attached hydrogens (tertiary/aromatic N) is 3. The van der Waals surface area contributed by atoms with Gasteiger partial charge in [-0.25, -0.2) is 14.8 Å². The molecule has 0 fully saturated rings. The largest absolute Gasteiger partial charge is 0.325 e. The van der Waals surface area contributed by atoms with Gasteiger partial charge in [-0.05, 0) is 36.4 Å². The van der Waals surface area contributed by atoms with Gasteiger partial charge in [0.15, 0.2) is 5.13 Å². The molecular formula is C17H13N5OS. The summed E-state index contributed by atoms with van der Waals surface area (Å²) in [6.07, 6.45) is 3.44. The summed E-state index contributed by atoms with van der Waals surface area (Å²) in [6.45, 7) is 0. The molecule has 2 N–H and O–H groups in total. The van der Waals surface area contributed by atoms with Crippen molar-refractivity contribution in [2.24, 2.45) is 0 Å². The van der Waals surface area contributed by atoms with Crippen molar-refractivity contribution in [3.63, 3.8) is 0 Å². The number of aromatic nitrogens is 3. The molecule has 2 aromatic carbocycles. The number of nitrogens with one attached hydrogen (secondary N) is 2. The topological polar surface area (TPSA) is 71.8 Å². The lowest BCUT2D eigenvalue weighted by atomic mass is 10.2. The molecule has 0 radical (unpaired) electrons. The van der Waals surface area contributed by atoms with Crippen molar-refractivity contribution in [2.75, 3.05) is 10.6 Å². The number of thiazole rings is 1. The molecule has 24 heavy (non-hydrogen) atoms. The van der Waals surface area contributed by atoms with E-state index in [1.54, 1.807) is 17.9 Å². The molecule has 4 aromatic rings. The van der Waals surface area contributed by atoms with Crippen molar-refractivity contribution in [1.29, 1.82) is 0 Å². The van der Waals surface area contributed by atoms with Gasteiger partial charge in [0.25, 0.3) is 0 Å². The molecule has 118 valence electrons. The summed E-state index contributed by atoms with van der Waals surface area (Å²) in [4.78, 5) is 20.3. The molecule has 0 atom stereocenters. The fourth-order valence-electron chi connectivity index (χ4n) is 2.41. The number of imidazole rings is 1. The number of benzene rings is 2. The van der Waals surface area contributed by atoms with Gasteiger partial charge in [-0.15, -0.1) is 11.3 Å². The minimum absolute atomic E-state index is 0.314. The van der Waals surface area contributed by atoms with Gasteiger partial charge < -0.3 is 5.32 Å². The maximum atomic E-state index is 11.9. The average molecular weight is 335 g/mol. The smallest absolute Gasteiger partial charge is 0.308 e. The van der Waals surface area contributed by atoms with Crippen LogP contribution in [-0.4, -0.2) is 20.6 Å². The molecule has 2 heterocycles. The molecule has 2 amide bonds. The molecule has 0 bridgehead atoms. The molecule has 0 saturated heterocycles. The van der Waals surface area contributed by atoms with Gasteiger partial charge >= 0.3 is 6.03 Å². The summed E-state index contributed by atoms with van der Waals surface area (Å²) in [6, 6.07) is 15.2. The fourth-order valence-corrected chi connectivity index (χ4v) is 2.94. The van der Waals surface area contributed by atoms with Crippen LogP contribution in [0.25, 0.3) is 16.7 Å².